The van der Waals surface area contributed by atoms with Gasteiger partial charge in [0.2, 0.25) is 0 Å². The molecule has 0 unspecified atom stereocenters. The van der Waals surface area contributed by atoms with Gasteiger partial charge in [0.05, 0.1) is 5.02 Å². The van der Waals surface area contributed by atoms with Crippen LogP contribution in [0, 0.1) is 0 Å². The number of rotatable bonds is 3. The number of hydrogen-bond donors (Lipinski definition) is 0. The lowest BCUT2D eigenvalue weighted by Gasteiger charge is -2.17. The molecule has 0 aromatic heterocycles. The van der Waals surface area contributed by atoms with Crippen molar-refractivity contribution in [2.45, 2.75) is 6.54 Å². The number of carbonyl (C=O) groups is 1. The lowest BCUT2D eigenvalue weighted by molar-refractivity contribution is 0.0785. The first kappa shape index (κ1) is 14.1. The lowest BCUT2D eigenvalue weighted by Crippen LogP contribution is -2.26. The van der Waals surface area contributed by atoms with E-state index in [1.807, 2.05) is 30.3 Å². The standard InChI is InChI=1S/C15H13BrClNO/c1-18(10-11-5-3-2-4-6-11)15(19)12-7-8-13(16)14(17)9-12/h2-9H,10H2,1H3. The van der Waals surface area contributed by atoms with Crippen molar-refractivity contribution >= 4 is 33.4 Å². The van der Waals surface area contributed by atoms with E-state index in [0.717, 1.165) is 10.0 Å². The van der Waals surface area contributed by atoms with Gasteiger partial charge < -0.3 is 4.90 Å². The molecule has 0 aliphatic carbocycles. The molecule has 2 aromatic carbocycles. The van der Waals surface area contributed by atoms with Crippen LogP contribution in [-0.4, -0.2) is 17.9 Å². The number of carbonyl (C=O) groups excluding carboxylic acids is 1. The Bertz CT molecular complexity index is 586. The Kier molecular flexibility index (Phi) is 4.61. The zero-order chi connectivity index (χ0) is 13.8. The molecule has 0 radical (unpaired) electrons. The van der Waals surface area contributed by atoms with Crippen LogP contribution in [0.4, 0.5) is 0 Å². The summed E-state index contributed by atoms with van der Waals surface area (Å²) in [7, 11) is 1.78. The first-order valence-electron chi connectivity index (χ1n) is 5.82. The van der Waals surface area contributed by atoms with Crippen molar-refractivity contribution in [1.82, 2.24) is 4.90 Å². The normalized spacial score (nSPS) is 10.3. The number of hydrogen-bond acceptors (Lipinski definition) is 1. The molecular weight excluding hydrogens is 326 g/mol. The number of amides is 1. The van der Waals surface area contributed by atoms with E-state index in [1.54, 1.807) is 30.1 Å². The van der Waals surface area contributed by atoms with Gasteiger partial charge in [0.15, 0.2) is 0 Å². The third kappa shape index (κ3) is 3.58. The summed E-state index contributed by atoms with van der Waals surface area (Å²) in [5.41, 5.74) is 1.69. The fourth-order valence-corrected chi connectivity index (χ4v) is 2.21. The maximum atomic E-state index is 12.3. The van der Waals surface area contributed by atoms with Gasteiger partial charge in [-0.05, 0) is 39.7 Å². The van der Waals surface area contributed by atoms with Crippen molar-refractivity contribution in [2.75, 3.05) is 7.05 Å². The fraction of sp³-hybridized carbons (Fsp3) is 0.133. The molecule has 0 spiro atoms. The van der Waals surface area contributed by atoms with Gasteiger partial charge in [0, 0.05) is 23.6 Å². The predicted octanol–water partition coefficient (Wildman–Crippen LogP) is 4.37. The van der Waals surface area contributed by atoms with Gasteiger partial charge in [-0.2, -0.15) is 0 Å². The van der Waals surface area contributed by atoms with Crippen LogP contribution in [0.15, 0.2) is 53.0 Å². The Morgan fingerprint density at radius 1 is 1.21 bits per heavy atom. The van der Waals surface area contributed by atoms with E-state index in [9.17, 15) is 4.79 Å². The van der Waals surface area contributed by atoms with Crippen LogP contribution in [0.1, 0.15) is 15.9 Å². The Labute approximate surface area is 126 Å². The summed E-state index contributed by atoms with van der Waals surface area (Å²) in [6.45, 7) is 0.577. The minimum atomic E-state index is -0.0433. The first-order chi connectivity index (χ1) is 9.08. The summed E-state index contributed by atoms with van der Waals surface area (Å²) in [4.78, 5) is 13.9. The Balaban J connectivity index is 2.12. The van der Waals surface area contributed by atoms with E-state index in [4.69, 9.17) is 11.6 Å². The van der Waals surface area contributed by atoms with E-state index >= 15 is 0 Å². The average molecular weight is 339 g/mol. The second kappa shape index (κ2) is 6.22. The summed E-state index contributed by atoms with van der Waals surface area (Å²) in [5, 5.41) is 0.541. The molecule has 2 aromatic rings. The van der Waals surface area contributed by atoms with Gasteiger partial charge in [-0.3, -0.25) is 4.79 Å². The van der Waals surface area contributed by atoms with Gasteiger partial charge >= 0.3 is 0 Å². The van der Waals surface area contributed by atoms with Crippen LogP contribution in [-0.2, 0) is 6.54 Å². The molecule has 0 fully saturated rings. The van der Waals surface area contributed by atoms with Crippen molar-refractivity contribution in [2.24, 2.45) is 0 Å². The highest BCUT2D eigenvalue weighted by Crippen LogP contribution is 2.23. The number of halogens is 2. The van der Waals surface area contributed by atoms with Crippen LogP contribution in [0.25, 0.3) is 0 Å². The molecule has 0 aliphatic rings. The summed E-state index contributed by atoms with van der Waals surface area (Å²) >= 11 is 9.32. The van der Waals surface area contributed by atoms with E-state index in [0.29, 0.717) is 17.1 Å². The van der Waals surface area contributed by atoms with Crippen LogP contribution < -0.4 is 0 Å². The zero-order valence-corrected chi connectivity index (χ0v) is 12.8. The van der Waals surface area contributed by atoms with Crippen molar-refractivity contribution in [1.29, 1.82) is 0 Å². The molecule has 98 valence electrons. The van der Waals surface area contributed by atoms with Gasteiger partial charge in [-0.1, -0.05) is 41.9 Å². The SMILES string of the molecule is CN(Cc1ccccc1)C(=O)c1ccc(Br)c(Cl)c1. The topological polar surface area (TPSA) is 20.3 Å². The Morgan fingerprint density at radius 2 is 1.89 bits per heavy atom. The van der Waals surface area contributed by atoms with Gasteiger partial charge in [0.25, 0.3) is 5.91 Å². The largest absolute Gasteiger partial charge is 0.337 e. The van der Waals surface area contributed by atoms with Gasteiger partial charge in [-0.25, -0.2) is 0 Å². The summed E-state index contributed by atoms with van der Waals surface area (Å²) < 4.78 is 0.788. The molecule has 0 heterocycles. The number of benzene rings is 2. The molecule has 1 amide bonds. The molecule has 0 bridgehead atoms. The molecule has 0 aliphatic heterocycles. The zero-order valence-electron chi connectivity index (χ0n) is 10.4. The second-order valence-corrected chi connectivity index (χ2v) is 5.54. The molecule has 0 saturated carbocycles. The number of nitrogens with zero attached hydrogens (tertiary/aromatic N) is 1. The minimum absolute atomic E-state index is 0.0433. The highest BCUT2D eigenvalue weighted by Gasteiger charge is 2.13. The van der Waals surface area contributed by atoms with Gasteiger partial charge in [-0.15, -0.1) is 0 Å². The van der Waals surface area contributed by atoms with Crippen molar-refractivity contribution in [3.8, 4) is 0 Å². The molecule has 2 rings (SSSR count). The highest BCUT2D eigenvalue weighted by atomic mass is 79.9. The maximum absolute atomic E-state index is 12.3. The van der Waals surface area contributed by atoms with E-state index in [1.165, 1.54) is 0 Å². The summed E-state index contributed by atoms with van der Waals surface area (Å²) in [6.07, 6.45) is 0. The second-order valence-electron chi connectivity index (χ2n) is 4.28. The third-order valence-corrected chi connectivity index (χ3v) is 4.01. The minimum Gasteiger partial charge on any atom is -0.337 e. The van der Waals surface area contributed by atoms with Crippen molar-refractivity contribution in [3.63, 3.8) is 0 Å². The molecule has 4 heteroatoms. The van der Waals surface area contributed by atoms with E-state index in [-0.39, 0.29) is 5.91 Å². The van der Waals surface area contributed by atoms with Crippen molar-refractivity contribution in [3.05, 3.63) is 69.2 Å². The monoisotopic (exact) mass is 337 g/mol. The Hall–Kier alpha value is -1.32. The third-order valence-electron chi connectivity index (χ3n) is 2.78. The fourth-order valence-electron chi connectivity index (χ4n) is 1.78. The summed E-state index contributed by atoms with van der Waals surface area (Å²) in [5.74, 6) is -0.0433. The highest BCUT2D eigenvalue weighted by molar-refractivity contribution is 9.10. The quantitative estimate of drug-likeness (QED) is 0.813. The summed E-state index contributed by atoms with van der Waals surface area (Å²) in [6, 6.07) is 15.1. The van der Waals surface area contributed by atoms with E-state index < -0.39 is 0 Å². The molecule has 0 N–H and O–H groups in total. The molecule has 0 atom stereocenters. The van der Waals surface area contributed by atoms with Gasteiger partial charge in [0.1, 0.15) is 0 Å². The maximum Gasteiger partial charge on any atom is 0.253 e. The predicted molar refractivity (Wildman–Crippen MR) is 81.4 cm³/mol. The smallest absolute Gasteiger partial charge is 0.253 e. The molecular formula is C15H13BrClNO. The molecule has 19 heavy (non-hydrogen) atoms. The van der Waals surface area contributed by atoms with Crippen LogP contribution >= 0.6 is 27.5 Å². The molecule has 0 saturated heterocycles. The van der Waals surface area contributed by atoms with E-state index in [2.05, 4.69) is 15.9 Å². The lowest BCUT2D eigenvalue weighted by atomic mass is 10.1. The van der Waals surface area contributed by atoms with Crippen LogP contribution in [0.2, 0.25) is 5.02 Å². The van der Waals surface area contributed by atoms with Crippen LogP contribution in [0.5, 0.6) is 0 Å². The van der Waals surface area contributed by atoms with Crippen molar-refractivity contribution < 1.29 is 4.79 Å². The Morgan fingerprint density at radius 3 is 2.53 bits per heavy atom. The molecule has 2 nitrogen and oxygen atoms in total. The average Bonchev–Trinajstić information content (AvgIpc) is 2.42. The first-order valence-corrected chi connectivity index (χ1v) is 6.99. The van der Waals surface area contributed by atoms with Crippen LogP contribution in [0.3, 0.4) is 0 Å².